The third-order valence-corrected chi connectivity index (χ3v) is 10.1. The zero-order valence-corrected chi connectivity index (χ0v) is 21.2. The van der Waals surface area contributed by atoms with E-state index in [1.165, 1.54) is 26.8 Å². The van der Waals surface area contributed by atoms with Gasteiger partial charge in [-0.25, -0.2) is 0 Å². The molecule has 0 aromatic heterocycles. The molecule has 0 saturated carbocycles. The molecule has 155 valence electrons. The first-order valence-corrected chi connectivity index (χ1v) is 13.2. The van der Waals surface area contributed by atoms with Gasteiger partial charge in [-0.05, 0) is 0 Å². The van der Waals surface area contributed by atoms with Crippen LogP contribution in [0.25, 0.3) is 0 Å². The minimum atomic E-state index is -2.11. The van der Waals surface area contributed by atoms with E-state index in [2.05, 4.69) is 127 Å². The van der Waals surface area contributed by atoms with E-state index < -0.39 is 7.26 Å². The predicted molar refractivity (Wildman–Crippen MR) is 132 cm³/mol. The Kier molecular flexibility index (Phi) is 8.77. The fourth-order valence-corrected chi connectivity index (χ4v) is 8.87. The van der Waals surface area contributed by atoms with Gasteiger partial charge in [0.2, 0.25) is 0 Å². The van der Waals surface area contributed by atoms with E-state index >= 15 is 0 Å². The number of allylic oxidation sites excluding steroid dienone is 8. The van der Waals surface area contributed by atoms with Crippen LogP contribution in [0.1, 0.15) is 13.8 Å². The van der Waals surface area contributed by atoms with Crippen molar-refractivity contribution in [1.29, 1.82) is 0 Å². The van der Waals surface area contributed by atoms with E-state index in [0.29, 0.717) is 0 Å². The fourth-order valence-electron chi connectivity index (χ4n) is 3.44. The molecule has 0 unspecified atom stereocenters. The number of rotatable bonds is 7. The van der Waals surface area contributed by atoms with Gasteiger partial charge in [0.25, 0.3) is 0 Å². The molecular formula is C29H25OsP-. The Morgan fingerprint density at radius 1 is 0.677 bits per heavy atom. The third kappa shape index (κ3) is 5.59. The van der Waals surface area contributed by atoms with Crippen LogP contribution in [-0.4, -0.2) is 0 Å². The Bertz CT molecular complexity index is 1030. The average Bonchev–Trinajstić information content (AvgIpc) is 2.82. The van der Waals surface area contributed by atoms with Gasteiger partial charge in [-0.15, -0.1) is 0 Å². The van der Waals surface area contributed by atoms with E-state index in [-0.39, 0.29) is 0 Å². The average molecular weight is 595 g/mol. The quantitative estimate of drug-likeness (QED) is 0.177. The van der Waals surface area contributed by atoms with Gasteiger partial charge in [0.1, 0.15) is 0 Å². The number of hydrogen-bond donors (Lipinski definition) is 0. The van der Waals surface area contributed by atoms with Crippen LogP contribution in [0.3, 0.4) is 0 Å². The van der Waals surface area contributed by atoms with Crippen molar-refractivity contribution in [3.05, 3.63) is 138 Å². The van der Waals surface area contributed by atoms with Crippen LogP contribution >= 0.6 is 7.26 Å². The van der Waals surface area contributed by atoms with Crippen LogP contribution in [0, 0.1) is 16.5 Å². The number of hydrogen-bond acceptors (Lipinski definition) is 0. The van der Waals surface area contributed by atoms with Crippen molar-refractivity contribution in [2.75, 3.05) is 0 Å². The second-order valence-electron chi connectivity index (χ2n) is 7.18. The van der Waals surface area contributed by atoms with Crippen molar-refractivity contribution in [1.82, 2.24) is 0 Å². The fraction of sp³-hybridized carbons (Fsp3) is 0.0690. The minimum absolute atomic E-state index is 1.17. The predicted octanol–water partition coefficient (Wildman–Crippen LogP) is 6.06. The summed E-state index contributed by atoms with van der Waals surface area (Å²) in [6.45, 7) is 4.12. The van der Waals surface area contributed by atoms with Crippen molar-refractivity contribution in [2.24, 2.45) is 0 Å². The van der Waals surface area contributed by atoms with E-state index in [0.717, 1.165) is 0 Å². The molecule has 0 aliphatic heterocycles. The molecule has 3 aromatic carbocycles. The first kappa shape index (κ1) is 23.1. The molecule has 3 rings (SSSR count). The van der Waals surface area contributed by atoms with Gasteiger partial charge in [0.15, 0.2) is 0 Å². The maximum atomic E-state index is 3.56. The molecule has 0 aliphatic rings. The molecule has 31 heavy (non-hydrogen) atoms. The SMILES string of the molecule is CC(C)=C[C-]=CC=[C-]/C=C(\[C]#[Os])[P+](c1ccccc1)(c1ccccc1)c1ccccc1. The Balaban J connectivity index is 2.25. The second-order valence-corrected chi connectivity index (χ2v) is 11.2. The van der Waals surface area contributed by atoms with Crippen LogP contribution in [-0.2, 0) is 17.9 Å². The molecule has 3 aromatic rings. The first-order valence-electron chi connectivity index (χ1n) is 10.1. The van der Waals surface area contributed by atoms with E-state index in [4.69, 9.17) is 0 Å². The van der Waals surface area contributed by atoms with Gasteiger partial charge in [-0.1, -0.05) is 0 Å². The summed E-state index contributed by atoms with van der Waals surface area (Å²) in [5.41, 5.74) is 1.22. The molecular weight excluding hydrogens is 570 g/mol. The van der Waals surface area contributed by atoms with Crippen LogP contribution < -0.4 is 15.9 Å². The maximum absolute atomic E-state index is 3.56. The van der Waals surface area contributed by atoms with Gasteiger partial charge in [-0.2, -0.15) is 0 Å². The number of benzene rings is 3. The molecule has 0 nitrogen and oxygen atoms in total. The van der Waals surface area contributed by atoms with Gasteiger partial charge in [0, 0.05) is 0 Å². The van der Waals surface area contributed by atoms with E-state index in [1.54, 1.807) is 17.9 Å². The summed E-state index contributed by atoms with van der Waals surface area (Å²) >= 11 is 1.77. The zero-order valence-electron chi connectivity index (χ0n) is 17.8. The van der Waals surface area contributed by atoms with Crippen LogP contribution in [0.5, 0.6) is 0 Å². The van der Waals surface area contributed by atoms with Crippen molar-refractivity contribution in [2.45, 2.75) is 13.8 Å². The van der Waals surface area contributed by atoms with Crippen LogP contribution in [0.4, 0.5) is 0 Å². The second kappa shape index (κ2) is 11.7. The molecule has 0 amide bonds. The Morgan fingerprint density at radius 3 is 1.42 bits per heavy atom. The van der Waals surface area contributed by atoms with Gasteiger partial charge < -0.3 is 0 Å². The molecule has 0 aliphatic carbocycles. The molecule has 0 atom stereocenters. The zero-order chi connectivity index (χ0) is 21.9. The van der Waals surface area contributed by atoms with Crippen molar-refractivity contribution in [3.63, 3.8) is 0 Å². The van der Waals surface area contributed by atoms with Crippen LogP contribution in [0.15, 0.2) is 126 Å². The summed E-state index contributed by atoms with van der Waals surface area (Å²) in [6, 6.07) is 32.5. The van der Waals surface area contributed by atoms with Crippen molar-refractivity contribution < 1.29 is 17.9 Å². The Hall–Kier alpha value is -2.53. The van der Waals surface area contributed by atoms with Gasteiger partial charge in [0.05, 0.1) is 0 Å². The summed E-state index contributed by atoms with van der Waals surface area (Å²) in [5, 5.41) is 5.10. The molecule has 0 N–H and O–H groups in total. The van der Waals surface area contributed by atoms with E-state index in [9.17, 15) is 0 Å². The van der Waals surface area contributed by atoms with E-state index in [1.807, 2.05) is 18.2 Å². The normalized spacial score (nSPS) is 12.1. The summed E-state index contributed by atoms with van der Waals surface area (Å²) in [6.07, 6.45) is 14.4. The summed E-state index contributed by atoms with van der Waals surface area (Å²) in [5.74, 6) is 0. The standard InChI is InChI=1S/C29H25P.Os/c1-25(2)17-9-4-5-10-18-26(3)30(27-19-11-6-12-20-27,28-21-13-7-14-22-28)29-23-15-8-16-24-29;/h4-8,11-24H,1-2H3;/q-1;/b26-18+;. The molecule has 0 fully saturated rings. The first-order chi connectivity index (χ1) is 15.2. The van der Waals surface area contributed by atoms with Gasteiger partial charge in [-0.3, -0.25) is 0 Å². The molecule has 2 heteroatoms. The van der Waals surface area contributed by atoms with Crippen molar-refractivity contribution >= 4 is 23.2 Å². The summed E-state index contributed by atoms with van der Waals surface area (Å²) < 4.78 is 3.56. The molecule has 0 bridgehead atoms. The molecule has 0 heterocycles. The van der Waals surface area contributed by atoms with Crippen LogP contribution in [0.2, 0.25) is 0 Å². The summed E-state index contributed by atoms with van der Waals surface area (Å²) in [4.78, 5) is 0. The summed E-state index contributed by atoms with van der Waals surface area (Å²) in [7, 11) is -2.11. The molecule has 0 saturated heterocycles. The Labute approximate surface area is 197 Å². The monoisotopic (exact) mass is 596 g/mol. The molecule has 0 radical (unpaired) electrons. The third-order valence-electron chi connectivity index (χ3n) is 4.75. The Morgan fingerprint density at radius 2 is 1.06 bits per heavy atom. The topological polar surface area (TPSA) is 0 Å². The molecule has 0 spiro atoms. The van der Waals surface area contributed by atoms with Gasteiger partial charge >= 0.3 is 198 Å². The van der Waals surface area contributed by atoms with Crippen molar-refractivity contribution in [3.8, 4) is 4.37 Å².